The van der Waals surface area contributed by atoms with Crippen LogP contribution in [0.25, 0.3) is 0 Å². The molecule has 0 atom stereocenters. The molecule has 0 spiro atoms. The summed E-state index contributed by atoms with van der Waals surface area (Å²) in [5.41, 5.74) is 4.13. The van der Waals surface area contributed by atoms with Crippen molar-refractivity contribution in [2.24, 2.45) is 0 Å². The van der Waals surface area contributed by atoms with E-state index in [1.165, 1.54) is 29.7 Å². The highest BCUT2D eigenvalue weighted by molar-refractivity contribution is 5.54. The van der Waals surface area contributed by atoms with Crippen molar-refractivity contribution in [1.29, 1.82) is 0 Å². The van der Waals surface area contributed by atoms with Gasteiger partial charge in [-0.25, -0.2) is 0 Å². The van der Waals surface area contributed by atoms with Crippen LogP contribution >= 0.6 is 0 Å². The van der Waals surface area contributed by atoms with Crippen LogP contribution in [0.3, 0.4) is 0 Å². The molecule has 1 aromatic heterocycles. The molecule has 1 aliphatic heterocycles. The zero-order valence-corrected chi connectivity index (χ0v) is 11.4. The molecule has 0 unspecified atom stereocenters. The predicted molar refractivity (Wildman–Crippen MR) is 77.1 cm³/mol. The van der Waals surface area contributed by atoms with Crippen LogP contribution in [0.4, 0.5) is 5.69 Å². The van der Waals surface area contributed by atoms with Crippen LogP contribution in [0.5, 0.6) is 0 Å². The zero-order chi connectivity index (χ0) is 13.1. The van der Waals surface area contributed by atoms with Gasteiger partial charge < -0.3 is 9.73 Å². The summed E-state index contributed by atoms with van der Waals surface area (Å²) in [5.74, 6) is 1.02. The Kier molecular flexibility index (Phi) is 3.56. The summed E-state index contributed by atoms with van der Waals surface area (Å²) >= 11 is 0. The SMILES string of the molecule is CN(Cc1ccc2c(c1)CCCN2)Cc1ccco1. The van der Waals surface area contributed by atoms with E-state index in [4.69, 9.17) is 4.42 Å². The van der Waals surface area contributed by atoms with Crippen molar-refractivity contribution in [3.8, 4) is 0 Å². The van der Waals surface area contributed by atoms with E-state index in [1.54, 1.807) is 6.26 Å². The number of fused-ring (bicyclic) bond motifs is 1. The highest BCUT2D eigenvalue weighted by Gasteiger charge is 2.10. The number of rotatable bonds is 4. The second-order valence-corrected chi connectivity index (χ2v) is 5.27. The molecule has 0 amide bonds. The van der Waals surface area contributed by atoms with Gasteiger partial charge in [-0.1, -0.05) is 12.1 Å². The summed E-state index contributed by atoms with van der Waals surface area (Å²) in [7, 11) is 2.13. The zero-order valence-electron chi connectivity index (χ0n) is 11.4. The summed E-state index contributed by atoms with van der Waals surface area (Å²) in [6, 6.07) is 10.7. The number of benzene rings is 1. The van der Waals surface area contributed by atoms with Gasteiger partial charge in [0, 0.05) is 18.8 Å². The van der Waals surface area contributed by atoms with Crippen molar-refractivity contribution in [2.45, 2.75) is 25.9 Å². The van der Waals surface area contributed by atoms with Gasteiger partial charge in [-0.15, -0.1) is 0 Å². The molecule has 0 fully saturated rings. The first-order valence-electron chi connectivity index (χ1n) is 6.88. The van der Waals surface area contributed by atoms with E-state index in [1.807, 2.05) is 12.1 Å². The van der Waals surface area contributed by atoms with E-state index < -0.39 is 0 Å². The Morgan fingerprint density at radius 1 is 1.26 bits per heavy atom. The number of hydrogen-bond acceptors (Lipinski definition) is 3. The van der Waals surface area contributed by atoms with Gasteiger partial charge in [-0.2, -0.15) is 0 Å². The van der Waals surface area contributed by atoms with E-state index in [0.29, 0.717) is 0 Å². The van der Waals surface area contributed by atoms with Crippen LogP contribution in [0, 0.1) is 0 Å². The molecule has 1 aromatic carbocycles. The van der Waals surface area contributed by atoms with E-state index in [-0.39, 0.29) is 0 Å². The van der Waals surface area contributed by atoms with Crippen LogP contribution in [0.2, 0.25) is 0 Å². The molecule has 19 heavy (non-hydrogen) atoms. The summed E-state index contributed by atoms with van der Waals surface area (Å²) in [6.45, 7) is 2.90. The molecule has 2 heterocycles. The molecule has 0 saturated heterocycles. The van der Waals surface area contributed by atoms with Gasteiger partial charge >= 0.3 is 0 Å². The Bertz CT molecular complexity index is 534. The number of furan rings is 1. The Balaban J connectivity index is 1.66. The first-order valence-corrected chi connectivity index (χ1v) is 6.88. The number of nitrogens with zero attached hydrogens (tertiary/aromatic N) is 1. The summed E-state index contributed by atoms with van der Waals surface area (Å²) in [4.78, 5) is 2.27. The monoisotopic (exact) mass is 256 g/mol. The lowest BCUT2D eigenvalue weighted by atomic mass is 10.0. The largest absolute Gasteiger partial charge is 0.468 e. The van der Waals surface area contributed by atoms with Gasteiger partial charge in [0.2, 0.25) is 0 Å². The van der Waals surface area contributed by atoms with Gasteiger partial charge in [0.05, 0.1) is 12.8 Å². The Morgan fingerprint density at radius 3 is 3.05 bits per heavy atom. The highest BCUT2D eigenvalue weighted by Crippen LogP contribution is 2.23. The minimum atomic E-state index is 0.850. The smallest absolute Gasteiger partial charge is 0.117 e. The van der Waals surface area contributed by atoms with E-state index in [2.05, 4.69) is 35.5 Å². The molecule has 3 heteroatoms. The van der Waals surface area contributed by atoms with Gasteiger partial charge in [0.1, 0.15) is 5.76 Å². The maximum absolute atomic E-state index is 5.38. The molecule has 1 aliphatic rings. The number of anilines is 1. The molecular formula is C16H20N2O. The minimum Gasteiger partial charge on any atom is -0.468 e. The quantitative estimate of drug-likeness (QED) is 0.910. The Labute approximate surface area is 114 Å². The fourth-order valence-corrected chi connectivity index (χ4v) is 2.66. The van der Waals surface area contributed by atoms with Crippen molar-refractivity contribution in [1.82, 2.24) is 4.90 Å². The van der Waals surface area contributed by atoms with Crippen molar-refractivity contribution < 1.29 is 4.42 Å². The molecule has 1 N–H and O–H groups in total. The maximum atomic E-state index is 5.38. The lowest BCUT2D eigenvalue weighted by Crippen LogP contribution is -2.18. The van der Waals surface area contributed by atoms with Crippen molar-refractivity contribution >= 4 is 5.69 Å². The van der Waals surface area contributed by atoms with Crippen LogP contribution < -0.4 is 5.32 Å². The third kappa shape index (κ3) is 2.99. The molecule has 0 saturated carbocycles. The molecule has 100 valence electrons. The summed E-state index contributed by atoms with van der Waals surface area (Å²) < 4.78 is 5.38. The van der Waals surface area contributed by atoms with Gasteiger partial charge in [-0.05, 0) is 49.2 Å². The molecule has 3 nitrogen and oxygen atoms in total. The summed E-state index contributed by atoms with van der Waals surface area (Å²) in [5, 5.41) is 3.45. The maximum Gasteiger partial charge on any atom is 0.117 e. The van der Waals surface area contributed by atoms with Crippen molar-refractivity contribution in [3.05, 3.63) is 53.5 Å². The normalized spacial score (nSPS) is 14.2. The minimum absolute atomic E-state index is 0.850. The third-order valence-corrected chi connectivity index (χ3v) is 3.57. The van der Waals surface area contributed by atoms with Crippen molar-refractivity contribution in [2.75, 3.05) is 18.9 Å². The lowest BCUT2D eigenvalue weighted by Gasteiger charge is -2.20. The number of aryl methyl sites for hydroxylation is 1. The first-order chi connectivity index (χ1) is 9.31. The topological polar surface area (TPSA) is 28.4 Å². The highest BCUT2D eigenvalue weighted by atomic mass is 16.3. The van der Waals surface area contributed by atoms with Crippen LogP contribution in [0.1, 0.15) is 23.3 Å². The average molecular weight is 256 g/mol. The second-order valence-electron chi connectivity index (χ2n) is 5.27. The van der Waals surface area contributed by atoms with E-state index >= 15 is 0 Å². The van der Waals surface area contributed by atoms with Gasteiger partial charge in [0.25, 0.3) is 0 Å². The number of hydrogen-bond donors (Lipinski definition) is 1. The summed E-state index contributed by atoms with van der Waals surface area (Å²) in [6.07, 6.45) is 4.16. The van der Waals surface area contributed by atoms with Crippen LogP contribution in [-0.4, -0.2) is 18.5 Å². The average Bonchev–Trinajstić information content (AvgIpc) is 2.91. The van der Waals surface area contributed by atoms with Crippen molar-refractivity contribution in [3.63, 3.8) is 0 Å². The van der Waals surface area contributed by atoms with Gasteiger partial charge in [-0.3, -0.25) is 4.90 Å². The lowest BCUT2D eigenvalue weighted by molar-refractivity contribution is 0.288. The van der Waals surface area contributed by atoms with E-state index in [9.17, 15) is 0 Å². The fourth-order valence-electron chi connectivity index (χ4n) is 2.66. The molecular weight excluding hydrogens is 236 g/mol. The Hall–Kier alpha value is -1.74. The first kappa shape index (κ1) is 12.3. The standard InChI is InChI=1S/C16H20N2O/c1-18(12-15-5-3-9-19-15)11-13-6-7-16-14(10-13)4-2-8-17-16/h3,5-7,9-10,17H,2,4,8,11-12H2,1H3. The van der Waals surface area contributed by atoms with E-state index in [0.717, 1.165) is 25.4 Å². The van der Waals surface area contributed by atoms with Crippen LogP contribution in [0.15, 0.2) is 41.0 Å². The predicted octanol–water partition coefficient (Wildman–Crippen LogP) is 3.27. The second kappa shape index (κ2) is 5.49. The fraction of sp³-hybridized carbons (Fsp3) is 0.375. The molecule has 2 aromatic rings. The molecule has 0 bridgehead atoms. The molecule has 0 radical (unpaired) electrons. The van der Waals surface area contributed by atoms with Gasteiger partial charge in [0.15, 0.2) is 0 Å². The van der Waals surface area contributed by atoms with Crippen LogP contribution in [-0.2, 0) is 19.5 Å². The third-order valence-electron chi connectivity index (χ3n) is 3.57. The Morgan fingerprint density at radius 2 is 2.21 bits per heavy atom. The molecule has 0 aliphatic carbocycles. The molecule has 3 rings (SSSR count). The number of nitrogens with one attached hydrogen (secondary N) is 1.